The first-order valence-electron chi connectivity index (χ1n) is 18.0. The van der Waals surface area contributed by atoms with Gasteiger partial charge in [-0.3, -0.25) is 14.4 Å². The fourth-order valence-electron chi connectivity index (χ4n) is 6.33. The zero-order valence-corrected chi connectivity index (χ0v) is 30.9. The average Bonchev–Trinajstić information content (AvgIpc) is 3.20. The van der Waals surface area contributed by atoms with Gasteiger partial charge in [-0.25, -0.2) is 0 Å². The summed E-state index contributed by atoms with van der Waals surface area (Å²) in [7, 11) is 1.65. The molecule has 1 saturated heterocycles. The fourth-order valence-corrected chi connectivity index (χ4v) is 6.33. The third kappa shape index (κ3) is 11.5. The van der Waals surface area contributed by atoms with Crippen LogP contribution in [0.4, 0.5) is 18.9 Å². The maximum absolute atomic E-state index is 14.3. The molecule has 0 aliphatic carbocycles. The number of amides is 3. The Hall–Kier alpha value is -5.93. The molecule has 1 aliphatic rings. The molecular weight excluding hydrogens is 707 g/mol. The van der Waals surface area contributed by atoms with Crippen LogP contribution in [-0.4, -0.2) is 84.8 Å². The van der Waals surface area contributed by atoms with Crippen LogP contribution in [0.1, 0.15) is 40.3 Å². The van der Waals surface area contributed by atoms with E-state index in [0.717, 1.165) is 34.5 Å². The Morgan fingerprint density at radius 3 is 2.18 bits per heavy atom. The van der Waals surface area contributed by atoms with Crippen LogP contribution in [0, 0.1) is 11.3 Å². The summed E-state index contributed by atoms with van der Waals surface area (Å²) in [5.41, 5.74) is 3.55. The standard InChI is InChI=1S/C43H44F3N5O4/c1-32(52)49-21-23-50(24-22-49)39-18-13-35(14-19-39)30-51(41(53)20-15-33-11-16-38(17-12-33)43(44,45)46)40(28-34-7-4-3-5-8-34)42(54)48(2)25-26-55-31-37-10-6-9-36(27-37)29-47/h3-20,27,40H,21-26,28,30-31H2,1-2H3/b20-15+/t40-/m0/s1. The van der Waals surface area contributed by atoms with Gasteiger partial charge in [-0.15, -0.1) is 0 Å². The van der Waals surface area contributed by atoms with Gasteiger partial charge in [0.25, 0.3) is 0 Å². The first-order chi connectivity index (χ1) is 26.4. The maximum atomic E-state index is 14.3. The van der Waals surface area contributed by atoms with Crippen LogP contribution in [0.15, 0.2) is 109 Å². The second-order valence-electron chi connectivity index (χ2n) is 13.4. The number of carbonyl (C=O) groups excluding carboxylic acids is 3. The Labute approximate surface area is 319 Å². The molecule has 0 spiro atoms. The minimum absolute atomic E-state index is 0.0483. The van der Waals surface area contributed by atoms with Crippen molar-refractivity contribution in [3.63, 3.8) is 0 Å². The van der Waals surface area contributed by atoms with Crippen LogP contribution in [0.5, 0.6) is 0 Å². The molecule has 9 nitrogen and oxygen atoms in total. The molecule has 1 fully saturated rings. The number of benzene rings is 4. The van der Waals surface area contributed by atoms with Crippen LogP contribution >= 0.6 is 0 Å². The average molecular weight is 752 g/mol. The number of nitrogens with zero attached hydrogens (tertiary/aromatic N) is 5. The third-order valence-electron chi connectivity index (χ3n) is 9.52. The second-order valence-corrected chi connectivity index (χ2v) is 13.4. The number of likely N-dealkylation sites (N-methyl/N-ethyl adjacent to an activating group) is 1. The smallest absolute Gasteiger partial charge is 0.375 e. The molecule has 0 N–H and O–H groups in total. The third-order valence-corrected chi connectivity index (χ3v) is 9.52. The van der Waals surface area contributed by atoms with Gasteiger partial charge in [0.05, 0.1) is 30.4 Å². The van der Waals surface area contributed by atoms with Crippen LogP contribution in [0.3, 0.4) is 0 Å². The van der Waals surface area contributed by atoms with Gasteiger partial charge in [0.1, 0.15) is 6.04 Å². The molecule has 4 aromatic carbocycles. The quantitative estimate of drug-likeness (QED) is 0.107. The van der Waals surface area contributed by atoms with Crippen molar-refractivity contribution in [1.82, 2.24) is 14.7 Å². The highest BCUT2D eigenvalue weighted by Crippen LogP contribution is 2.29. The predicted molar refractivity (Wildman–Crippen MR) is 204 cm³/mol. The molecule has 5 rings (SSSR count). The van der Waals surface area contributed by atoms with Crippen LogP contribution < -0.4 is 4.90 Å². The molecule has 3 amide bonds. The van der Waals surface area contributed by atoms with E-state index < -0.39 is 23.7 Å². The van der Waals surface area contributed by atoms with E-state index in [4.69, 9.17) is 4.74 Å². The van der Waals surface area contributed by atoms with Gasteiger partial charge >= 0.3 is 6.18 Å². The molecular formula is C43H44F3N5O4. The summed E-state index contributed by atoms with van der Waals surface area (Å²) in [6, 6.07) is 29.9. The molecule has 1 atom stereocenters. The van der Waals surface area contributed by atoms with E-state index in [9.17, 15) is 32.8 Å². The monoisotopic (exact) mass is 751 g/mol. The molecule has 0 saturated carbocycles. The number of nitriles is 1. The van der Waals surface area contributed by atoms with Crippen molar-refractivity contribution in [2.45, 2.75) is 38.7 Å². The Morgan fingerprint density at radius 1 is 0.873 bits per heavy atom. The summed E-state index contributed by atoms with van der Waals surface area (Å²) < 4.78 is 45.4. The molecule has 0 unspecified atom stereocenters. The lowest BCUT2D eigenvalue weighted by molar-refractivity contribution is -0.143. The molecule has 286 valence electrons. The Morgan fingerprint density at radius 2 is 1.55 bits per heavy atom. The molecule has 0 bridgehead atoms. The van der Waals surface area contributed by atoms with Crippen molar-refractivity contribution in [1.29, 1.82) is 5.26 Å². The van der Waals surface area contributed by atoms with Gasteiger partial charge in [0.15, 0.2) is 0 Å². The Bertz CT molecular complexity index is 1970. The van der Waals surface area contributed by atoms with Crippen molar-refractivity contribution in [2.75, 3.05) is 51.3 Å². The van der Waals surface area contributed by atoms with Crippen molar-refractivity contribution in [3.8, 4) is 6.07 Å². The largest absolute Gasteiger partial charge is 0.416 e. The van der Waals surface area contributed by atoms with Gasteiger partial charge < -0.3 is 24.3 Å². The number of alkyl halides is 3. The lowest BCUT2D eigenvalue weighted by atomic mass is 10.0. The summed E-state index contributed by atoms with van der Waals surface area (Å²) in [5.74, 6) is -0.747. The lowest BCUT2D eigenvalue weighted by Crippen LogP contribution is -2.51. The highest BCUT2D eigenvalue weighted by Gasteiger charge is 2.32. The number of halogens is 3. The SMILES string of the molecule is CC(=O)N1CCN(c2ccc(CN(C(=O)/C=C/c3ccc(C(F)(F)F)cc3)[C@@H](Cc3ccccc3)C(=O)N(C)CCOCc3cccc(C#N)c3)cc2)CC1. The number of ether oxygens (including phenoxy) is 1. The van der Waals surface area contributed by atoms with Gasteiger partial charge in [-0.2, -0.15) is 18.4 Å². The lowest BCUT2D eigenvalue weighted by Gasteiger charge is -2.36. The van der Waals surface area contributed by atoms with Crippen molar-refractivity contribution in [2.24, 2.45) is 0 Å². The molecule has 1 heterocycles. The van der Waals surface area contributed by atoms with E-state index in [0.29, 0.717) is 37.3 Å². The minimum Gasteiger partial charge on any atom is -0.375 e. The minimum atomic E-state index is -4.49. The number of carbonyl (C=O) groups is 3. The predicted octanol–water partition coefficient (Wildman–Crippen LogP) is 6.57. The van der Waals surface area contributed by atoms with E-state index >= 15 is 0 Å². The molecule has 55 heavy (non-hydrogen) atoms. The number of anilines is 1. The number of hydrogen-bond acceptors (Lipinski definition) is 6. The number of piperazine rings is 1. The zero-order chi connectivity index (χ0) is 39.4. The van der Waals surface area contributed by atoms with Gasteiger partial charge in [0.2, 0.25) is 17.7 Å². The van der Waals surface area contributed by atoms with E-state index in [-0.39, 0.29) is 44.5 Å². The molecule has 1 aliphatic heterocycles. The van der Waals surface area contributed by atoms with Gasteiger partial charge in [-0.1, -0.05) is 66.7 Å². The first kappa shape index (κ1) is 40.3. The fraction of sp³-hybridized carbons (Fsp3) is 0.302. The Balaban J connectivity index is 1.38. The normalized spacial score (nSPS) is 13.7. The molecule has 0 aromatic heterocycles. The topological polar surface area (TPSA) is 97.2 Å². The highest BCUT2D eigenvalue weighted by atomic mass is 19.4. The molecule has 12 heteroatoms. The van der Waals surface area contributed by atoms with Crippen LogP contribution in [-0.2, 0) is 44.9 Å². The van der Waals surface area contributed by atoms with E-state index in [2.05, 4.69) is 11.0 Å². The number of hydrogen-bond donors (Lipinski definition) is 0. The Kier molecular flexibility index (Phi) is 13.8. The zero-order valence-electron chi connectivity index (χ0n) is 30.9. The highest BCUT2D eigenvalue weighted by molar-refractivity contribution is 5.95. The summed E-state index contributed by atoms with van der Waals surface area (Å²) in [6.07, 6.45) is -1.54. The van der Waals surface area contributed by atoms with Crippen molar-refractivity contribution >= 4 is 29.5 Å². The molecule has 0 radical (unpaired) electrons. The van der Waals surface area contributed by atoms with Crippen LogP contribution in [0.25, 0.3) is 6.08 Å². The summed E-state index contributed by atoms with van der Waals surface area (Å²) in [4.78, 5) is 47.4. The van der Waals surface area contributed by atoms with Crippen molar-refractivity contribution < 1.29 is 32.3 Å². The second kappa shape index (κ2) is 18.9. The summed E-state index contributed by atoms with van der Waals surface area (Å²) in [5, 5.41) is 9.20. The van der Waals surface area contributed by atoms with Gasteiger partial charge in [0, 0.05) is 71.4 Å². The first-order valence-corrected chi connectivity index (χ1v) is 18.0. The maximum Gasteiger partial charge on any atom is 0.416 e. The summed E-state index contributed by atoms with van der Waals surface area (Å²) in [6.45, 7) is 4.97. The number of rotatable bonds is 14. The van der Waals surface area contributed by atoms with Crippen LogP contribution in [0.2, 0.25) is 0 Å². The van der Waals surface area contributed by atoms with E-state index in [1.54, 1.807) is 32.2 Å². The van der Waals surface area contributed by atoms with E-state index in [1.807, 2.05) is 65.6 Å². The van der Waals surface area contributed by atoms with Gasteiger partial charge in [-0.05, 0) is 64.7 Å². The van der Waals surface area contributed by atoms with Crippen molar-refractivity contribution in [3.05, 3.63) is 143 Å². The summed E-state index contributed by atoms with van der Waals surface area (Å²) >= 11 is 0. The molecule has 4 aromatic rings. The van der Waals surface area contributed by atoms with E-state index in [1.165, 1.54) is 34.1 Å².